The molecule has 2 saturated heterocycles. The van der Waals surface area contributed by atoms with Crippen LogP contribution in [0.5, 0.6) is 11.6 Å². The number of piperazine rings is 1. The third kappa shape index (κ3) is 5.59. The van der Waals surface area contributed by atoms with E-state index in [1.807, 2.05) is 0 Å². The number of rotatable bonds is 5. The fourth-order valence-electron chi connectivity index (χ4n) is 5.65. The number of aliphatic hydroxyl groups excluding tert-OH is 1. The highest BCUT2D eigenvalue weighted by atomic mass is 19.4. The molecule has 2 aliphatic rings. The van der Waals surface area contributed by atoms with E-state index in [1.54, 1.807) is 34.9 Å². The molecule has 2 amide bonds. The second-order valence-electron chi connectivity index (χ2n) is 10.9. The zero-order valence-corrected chi connectivity index (χ0v) is 24.0. The van der Waals surface area contributed by atoms with Crippen molar-refractivity contribution < 1.29 is 37.3 Å². The number of amides is 2. The lowest BCUT2D eigenvalue weighted by Crippen LogP contribution is -2.54. The topological polar surface area (TPSA) is 127 Å². The average Bonchev–Trinajstić information content (AvgIpc) is 3.61. The van der Waals surface area contributed by atoms with Gasteiger partial charge in [0.15, 0.2) is 5.69 Å². The molecule has 1 N–H and O–H groups in total. The summed E-state index contributed by atoms with van der Waals surface area (Å²) in [5, 5.41) is 13.7. The Morgan fingerprint density at radius 3 is 2.57 bits per heavy atom. The van der Waals surface area contributed by atoms with E-state index in [9.17, 15) is 27.9 Å². The maximum atomic E-state index is 13.6. The molecule has 6 rings (SSSR count). The van der Waals surface area contributed by atoms with Crippen LogP contribution in [0.25, 0.3) is 16.9 Å². The van der Waals surface area contributed by atoms with Crippen LogP contribution in [0.4, 0.5) is 13.2 Å². The summed E-state index contributed by atoms with van der Waals surface area (Å²) in [6.07, 6.45) is 0.479. The standard InChI is InChI=1S/C29H30F3N7O5/c1-17-13-18(3-4-19(17)27(41)37-8-10-38(11-9-37)28(42)20-5-12-43-16-23(20)40)44-26-25-34-14-22(39(25)7-6-33-26)21-15-36(2)35-24(21)29(30,31)32/h3-4,6-7,13-15,20,23,40H,5,8-12,16H2,1-2H3/t20-,23+/m1/s1. The Morgan fingerprint density at radius 2 is 1.86 bits per heavy atom. The van der Waals surface area contributed by atoms with Gasteiger partial charge >= 0.3 is 6.18 Å². The van der Waals surface area contributed by atoms with Crippen molar-refractivity contribution in [2.75, 3.05) is 39.4 Å². The van der Waals surface area contributed by atoms with E-state index in [0.29, 0.717) is 56.1 Å². The second kappa shape index (κ2) is 11.5. The minimum atomic E-state index is -4.65. The van der Waals surface area contributed by atoms with Gasteiger partial charge in [-0.2, -0.15) is 18.3 Å². The van der Waals surface area contributed by atoms with Gasteiger partial charge < -0.3 is 24.4 Å². The Kier molecular flexibility index (Phi) is 7.75. The van der Waals surface area contributed by atoms with E-state index >= 15 is 0 Å². The summed E-state index contributed by atoms with van der Waals surface area (Å²) in [6, 6.07) is 4.94. The Bertz CT molecular complexity index is 1710. The number of imidazole rings is 1. The first-order chi connectivity index (χ1) is 21.0. The Labute approximate surface area is 249 Å². The molecule has 3 aromatic heterocycles. The van der Waals surface area contributed by atoms with Crippen LogP contribution in [0.1, 0.15) is 28.0 Å². The van der Waals surface area contributed by atoms with Gasteiger partial charge in [-0.25, -0.2) is 9.97 Å². The number of aryl methyl sites for hydroxylation is 2. The normalized spacial score (nSPS) is 19.4. The Hall–Kier alpha value is -4.50. The maximum absolute atomic E-state index is 13.6. The molecule has 2 atom stereocenters. The molecule has 5 heterocycles. The number of fused-ring (bicyclic) bond motifs is 1. The first-order valence-corrected chi connectivity index (χ1v) is 14.1. The lowest BCUT2D eigenvalue weighted by atomic mass is 9.95. The van der Waals surface area contributed by atoms with Crippen LogP contribution in [-0.4, -0.2) is 96.4 Å². The van der Waals surface area contributed by atoms with Gasteiger partial charge in [0, 0.05) is 64.0 Å². The molecule has 44 heavy (non-hydrogen) atoms. The molecule has 0 unspecified atom stereocenters. The van der Waals surface area contributed by atoms with Gasteiger partial charge in [-0.1, -0.05) is 0 Å². The summed E-state index contributed by atoms with van der Waals surface area (Å²) in [4.78, 5) is 38.1. The van der Waals surface area contributed by atoms with Gasteiger partial charge in [-0.05, 0) is 37.1 Å². The van der Waals surface area contributed by atoms with Crippen LogP contribution in [0.15, 0.2) is 43.0 Å². The first-order valence-electron chi connectivity index (χ1n) is 14.1. The van der Waals surface area contributed by atoms with E-state index in [-0.39, 0.29) is 41.2 Å². The number of carbonyl (C=O) groups is 2. The Morgan fingerprint density at radius 1 is 1.11 bits per heavy atom. The molecular weight excluding hydrogens is 583 g/mol. The van der Waals surface area contributed by atoms with Crippen LogP contribution in [0.2, 0.25) is 0 Å². The van der Waals surface area contributed by atoms with Crippen molar-refractivity contribution in [1.29, 1.82) is 0 Å². The summed E-state index contributed by atoms with van der Waals surface area (Å²) in [5.41, 5.74) is 0.353. The largest absolute Gasteiger partial charge is 0.436 e. The highest BCUT2D eigenvalue weighted by Gasteiger charge is 2.38. The smallest absolute Gasteiger partial charge is 0.435 e. The number of hydrogen-bond acceptors (Lipinski definition) is 8. The second-order valence-corrected chi connectivity index (χ2v) is 10.9. The van der Waals surface area contributed by atoms with E-state index in [4.69, 9.17) is 9.47 Å². The van der Waals surface area contributed by atoms with Crippen LogP contribution < -0.4 is 4.74 Å². The molecule has 15 heteroatoms. The molecule has 2 aliphatic heterocycles. The highest BCUT2D eigenvalue weighted by Crippen LogP contribution is 2.37. The van der Waals surface area contributed by atoms with Gasteiger partial charge in [0.05, 0.1) is 36.1 Å². The highest BCUT2D eigenvalue weighted by molar-refractivity contribution is 5.96. The van der Waals surface area contributed by atoms with Crippen molar-refractivity contribution in [3.63, 3.8) is 0 Å². The molecule has 0 bridgehead atoms. The summed E-state index contributed by atoms with van der Waals surface area (Å²) in [7, 11) is 1.41. The lowest BCUT2D eigenvalue weighted by Gasteiger charge is -2.38. The molecule has 12 nitrogen and oxygen atoms in total. The van der Waals surface area contributed by atoms with Crippen molar-refractivity contribution in [1.82, 2.24) is 33.9 Å². The van der Waals surface area contributed by atoms with Crippen LogP contribution in [0.3, 0.4) is 0 Å². The van der Waals surface area contributed by atoms with Crippen LogP contribution in [0, 0.1) is 12.8 Å². The van der Waals surface area contributed by atoms with Crippen LogP contribution in [-0.2, 0) is 22.8 Å². The number of aliphatic hydroxyl groups is 1. The summed E-state index contributed by atoms with van der Waals surface area (Å²) in [6.45, 7) is 3.84. The predicted molar refractivity (Wildman–Crippen MR) is 149 cm³/mol. The number of carbonyl (C=O) groups excluding carboxylic acids is 2. The molecule has 232 valence electrons. The van der Waals surface area contributed by atoms with E-state index in [0.717, 1.165) is 4.68 Å². The molecule has 4 aromatic rings. The molecule has 1 aromatic carbocycles. The van der Waals surface area contributed by atoms with E-state index in [2.05, 4.69) is 15.1 Å². The molecular formula is C29H30F3N7O5. The summed E-state index contributed by atoms with van der Waals surface area (Å²) >= 11 is 0. The molecule has 0 aliphatic carbocycles. The number of halogens is 3. The van der Waals surface area contributed by atoms with Crippen molar-refractivity contribution in [2.24, 2.45) is 13.0 Å². The fourth-order valence-corrected chi connectivity index (χ4v) is 5.65. The number of alkyl halides is 3. The SMILES string of the molecule is Cc1cc(Oc2nccn3c(-c4cn(C)nc4C(F)(F)F)cnc23)ccc1C(=O)N1CCN(C(=O)[C@@H]2CCOC[C@@H]2O)CC1. The van der Waals surface area contributed by atoms with Gasteiger partial charge in [0.1, 0.15) is 5.75 Å². The van der Waals surface area contributed by atoms with Crippen LogP contribution >= 0.6 is 0 Å². The van der Waals surface area contributed by atoms with Crippen molar-refractivity contribution >= 4 is 17.5 Å². The third-order valence-corrected chi connectivity index (χ3v) is 7.93. The average molecular weight is 614 g/mol. The minimum Gasteiger partial charge on any atom is -0.436 e. The number of nitrogens with zero attached hydrogens (tertiary/aromatic N) is 7. The maximum Gasteiger partial charge on any atom is 0.435 e. The number of aromatic nitrogens is 5. The van der Waals surface area contributed by atoms with Gasteiger partial charge in [0.25, 0.3) is 11.8 Å². The molecule has 2 fully saturated rings. The van der Waals surface area contributed by atoms with Crippen molar-refractivity contribution in [3.05, 3.63) is 59.8 Å². The number of ether oxygens (including phenoxy) is 2. The summed E-state index contributed by atoms with van der Waals surface area (Å²) < 4.78 is 54.6. The van der Waals surface area contributed by atoms with Crippen molar-refractivity contribution in [3.8, 4) is 22.9 Å². The van der Waals surface area contributed by atoms with Gasteiger partial charge in [0.2, 0.25) is 11.6 Å². The molecule has 0 spiro atoms. The number of benzene rings is 1. The minimum absolute atomic E-state index is 0.0742. The monoisotopic (exact) mass is 613 g/mol. The summed E-state index contributed by atoms with van der Waals surface area (Å²) in [5.74, 6) is -0.332. The fraction of sp³-hybridized carbons (Fsp3) is 0.414. The molecule has 0 radical (unpaired) electrons. The first kappa shape index (κ1) is 29.6. The quantitative estimate of drug-likeness (QED) is 0.364. The van der Waals surface area contributed by atoms with E-state index < -0.39 is 23.9 Å². The van der Waals surface area contributed by atoms with Gasteiger partial charge in [-0.15, -0.1) is 0 Å². The zero-order valence-electron chi connectivity index (χ0n) is 24.0. The van der Waals surface area contributed by atoms with E-state index in [1.165, 1.54) is 36.2 Å². The number of hydrogen-bond donors (Lipinski definition) is 1. The predicted octanol–water partition coefficient (Wildman–Crippen LogP) is 2.93. The zero-order chi connectivity index (χ0) is 31.2. The van der Waals surface area contributed by atoms with Crippen molar-refractivity contribution in [2.45, 2.75) is 25.6 Å². The third-order valence-electron chi connectivity index (χ3n) is 7.93. The lowest BCUT2D eigenvalue weighted by molar-refractivity contribution is -0.147. The molecule has 0 saturated carbocycles. The van der Waals surface area contributed by atoms with Gasteiger partial charge in [-0.3, -0.25) is 18.7 Å². The Balaban J connectivity index is 1.15.